The number of hydrogen-bond acceptors (Lipinski definition) is 2. The maximum Gasteiger partial charge on any atom is 0.136 e. The van der Waals surface area contributed by atoms with Crippen LogP contribution in [0.4, 0.5) is 17.1 Å². The maximum absolute atomic E-state index is 6.61. The van der Waals surface area contributed by atoms with Crippen LogP contribution >= 0.6 is 0 Å². The third kappa shape index (κ3) is 5.82. The molecule has 0 atom stereocenters. The molecule has 10 aromatic carbocycles. The minimum atomic E-state index is 0.878. The van der Waals surface area contributed by atoms with Gasteiger partial charge >= 0.3 is 0 Å². The largest absolute Gasteiger partial charge is 0.456 e. The lowest BCUT2D eigenvalue weighted by atomic mass is 9.96. The molecule has 12 aromatic rings. The number of aromatic nitrogens is 1. The first-order chi connectivity index (χ1) is 30.3. The summed E-state index contributed by atoms with van der Waals surface area (Å²) in [5.74, 6) is 0. The predicted octanol–water partition coefficient (Wildman–Crippen LogP) is 16.3. The van der Waals surface area contributed by atoms with Crippen LogP contribution in [0, 0.1) is 0 Å². The Morgan fingerprint density at radius 1 is 0.328 bits per heavy atom. The molecule has 0 bridgehead atoms. The van der Waals surface area contributed by atoms with Crippen LogP contribution < -0.4 is 4.90 Å². The van der Waals surface area contributed by atoms with Crippen molar-refractivity contribution in [2.24, 2.45) is 0 Å². The van der Waals surface area contributed by atoms with Gasteiger partial charge in [-0.1, -0.05) is 152 Å². The number of fused-ring (bicyclic) bond motifs is 8. The highest BCUT2D eigenvalue weighted by Gasteiger charge is 2.20. The summed E-state index contributed by atoms with van der Waals surface area (Å²) in [7, 11) is 0. The normalized spacial score (nSPS) is 11.6. The van der Waals surface area contributed by atoms with Gasteiger partial charge in [0, 0.05) is 44.0 Å². The Hall–Kier alpha value is -8.14. The fraction of sp³-hybridized carbons (Fsp3) is 0. The lowest BCUT2D eigenvalue weighted by Crippen LogP contribution is -2.10. The number of rotatable bonds is 7. The smallest absolute Gasteiger partial charge is 0.136 e. The van der Waals surface area contributed by atoms with Gasteiger partial charge in [-0.25, -0.2) is 0 Å². The van der Waals surface area contributed by atoms with Gasteiger partial charge in [-0.3, -0.25) is 0 Å². The summed E-state index contributed by atoms with van der Waals surface area (Å²) in [6.45, 7) is 0. The van der Waals surface area contributed by atoms with Crippen LogP contribution in [0.2, 0.25) is 0 Å². The van der Waals surface area contributed by atoms with Gasteiger partial charge in [0.15, 0.2) is 0 Å². The summed E-state index contributed by atoms with van der Waals surface area (Å²) in [5.41, 5.74) is 15.7. The van der Waals surface area contributed by atoms with Crippen molar-refractivity contribution < 1.29 is 4.42 Å². The molecule has 0 saturated heterocycles. The van der Waals surface area contributed by atoms with Crippen LogP contribution in [0.5, 0.6) is 0 Å². The fourth-order valence-corrected chi connectivity index (χ4v) is 9.39. The van der Waals surface area contributed by atoms with E-state index < -0.39 is 0 Å². The van der Waals surface area contributed by atoms with Crippen LogP contribution in [0.25, 0.3) is 93.6 Å². The molecule has 0 fully saturated rings. The van der Waals surface area contributed by atoms with Crippen molar-refractivity contribution in [3.05, 3.63) is 231 Å². The SMILES string of the molecule is c1ccc(-c2ccc(-c3ccc(N(c4ccccc4)c4cccc5c4ccc4oc6ccc(-c7cccc8c7c7ccccc7n8-c7ccccc7)cc6c45)cc3)cc2)cc1. The zero-order valence-corrected chi connectivity index (χ0v) is 33.2. The van der Waals surface area contributed by atoms with Crippen molar-refractivity contribution in [3.8, 4) is 39.1 Å². The van der Waals surface area contributed by atoms with Crippen molar-refractivity contribution in [3.63, 3.8) is 0 Å². The zero-order chi connectivity index (χ0) is 40.3. The number of para-hydroxylation sites is 3. The molecule has 3 heteroatoms. The molecule has 0 amide bonds. The maximum atomic E-state index is 6.61. The Morgan fingerprint density at radius 2 is 0.885 bits per heavy atom. The van der Waals surface area contributed by atoms with Gasteiger partial charge in [0.2, 0.25) is 0 Å². The van der Waals surface area contributed by atoms with Crippen molar-refractivity contribution >= 4 is 71.6 Å². The molecule has 0 N–H and O–H groups in total. The second-order valence-corrected chi connectivity index (χ2v) is 15.7. The van der Waals surface area contributed by atoms with E-state index in [4.69, 9.17) is 4.42 Å². The van der Waals surface area contributed by atoms with Gasteiger partial charge in [-0.05, 0) is 118 Å². The summed E-state index contributed by atoms with van der Waals surface area (Å²) in [4.78, 5) is 2.37. The Labute approximate surface area is 353 Å². The second kappa shape index (κ2) is 14.3. The molecule has 61 heavy (non-hydrogen) atoms. The van der Waals surface area contributed by atoms with E-state index in [0.717, 1.165) is 61.0 Å². The number of anilines is 3. The Morgan fingerprint density at radius 3 is 1.64 bits per heavy atom. The lowest BCUT2D eigenvalue weighted by molar-refractivity contribution is 0.669. The van der Waals surface area contributed by atoms with Crippen molar-refractivity contribution in [2.45, 2.75) is 0 Å². The van der Waals surface area contributed by atoms with Gasteiger partial charge in [0.05, 0.1) is 16.7 Å². The van der Waals surface area contributed by atoms with E-state index in [-0.39, 0.29) is 0 Å². The Balaban J connectivity index is 0.988. The quantitative estimate of drug-likeness (QED) is 0.161. The van der Waals surface area contributed by atoms with Gasteiger partial charge in [-0.2, -0.15) is 0 Å². The first-order valence-electron chi connectivity index (χ1n) is 20.8. The second-order valence-electron chi connectivity index (χ2n) is 15.7. The minimum absolute atomic E-state index is 0.878. The molecule has 0 aliphatic rings. The molecule has 3 nitrogen and oxygen atoms in total. The molecule has 0 unspecified atom stereocenters. The van der Waals surface area contributed by atoms with E-state index in [1.54, 1.807) is 0 Å². The molecule has 0 saturated carbocycles. The van der Waals surface area contributed by atoms with Crippen molar-refractivity contribution in [2.75, 3.05) is 4.90 Å². The summed E-state index contributed by atoms with van der Waals surface area (Å²) in [6.07, 6.45) is 0. The van der Waals surface area contributed by atoms with E-state index in [1.807, 2.05) is 0 Å². The van der Waals surface area contributed by atoms with E-state index in [1.165, 1.54) is 49.6 Å². The fourth-order valence-electron chi connectivity index (χ4n) is 9.39. The molecular formula is C58H38N2O. The highest BCUT2D eigenvalue weighted by molar-refractivity contribution is 6.22. The standard InChI is InChI=1S/C58H38N2O/c1-4-14-39(15-5-1)40-26-28-41(29-27-40)42-30-33-46(34-31-42)59(44-16-6-2-7-17-44)52-24-13-22-49-48(52)35-37-56-58(49)51-38-43(32-36-55(51)61-56)47-21-12-25-54-57(47)50-20-10-11-23-53(50)60(54)45-18-8-3-9-19-45/h1-38H. The van der Waals surface area contributed by atoms with Crippen LogP contribution in [0.1, 0.15) is 0 Å². The van der Waals surface area contributed by atoms with Crippen LogP contribution in [-0.2, 0) is 0 Å². The highest BCUT2D eigenvalue weighted by Crippen LogP contribution is 2.45. The minimum Gasteiger partial charge on any atom is -0.456 e. The summed E-state index contributed by atoms with van der Waals surface area (Å²) in [6, 6.07) is 82.7. The average molecular weight is 779 g/mol. The van der Waals surface area contributed by atoms with E-state index in [9.17, 15) is 0 Å². The molecule has 0 aliphatic carbocycles. The van der Waals surface area contributed by atoms with Gasteiger partial charge < -0.3 is 13.9 Å². The van der Waals surface area contributed by atoms with E-state index >= 15 is 0 Å². The highest BCUT2D eigenvalue weighted by atomic mass is 16.3. The van der Waals surface area contributed by atoms with Crippen LogP contribution in [0.15, 0.2) is 235 Å². The Kier molecular flexibility index (Phi) is 8.17. The van der Waals surface area contributed by atoms with E-state index in [0.29, 0.717) is 0 Å². The van der Waals surface area contributed by atoms with Gasteiger partial charge in [0.25, 0.3) is 0 Å². The number of furan rings is 1. The summed E-state index contributed by atoms with van der Waals surface area (Å²) in [5, 5.41) is 7.01. The Bertz CT molecular complexity index is 3550. The molecule has 286 valence electrons. The lowest BCUT2D eigenvalue weighted by Gasteiger charge is -2.27. The first kappa shape index (κ1) is 34.9. The number of nitrogens with zero attached hydrogens (tertiary/aromatic N) is 2. The molecule has 2 aromatic heterocycles. The molecule has 2 heterocycles. The molecule has 12 rings (SSSR count). The monoisotopic (exact) mass is 778 g/mol. The summed E-state index contributed by atoms with van der Waals surface area (Å²) >= 11 is 0. The third-order valence-corrected chi connectivity index (χ3v) is 12.2. The topological polar surface area (TPSA) is 21.3 Å². The molecule has 0 radical (unpaired) electrons. The number of hydrogen-bond donors (Lipinski definition) is 0. The zero-order valence-electron chi connectivity index (χ0n) is 33.2. The predicted molar refractivity (Wildman–Crippen MR) is 257 cm³/mol. The van der Waals surface area contributed by atoms with Crippen LogP contribution in [0.3, 0.4) is 0 Å². The van der Waals surface area contributed by atoms with Gasteiger partial charge in [-0.15, -0.1) is 0 Å². The van der Waals surface area contributed by atoms with E-state index in [2.05, 4.69) is 240 Å². The van der Waals surface area contributed by atoms with Gasteiger partial charge in [0.1, 0.15) is 11.2 Å². The number of benzene rings is 10. The summed E-state index contributed by atoms with van der Waals surface area (Å²) < 4.78 is 8.99. The average Bonchev–Trinajstić information content (AvgIpc) is 3.89. The third-order valence-electron chi connectivity index (χ3n) is 12.2. The molecule has 0 spiro atoms. The first-order valence-corrected chi connectivity index (χ1v) is 20.8. The van der Waals surface area contributed by atoms with Crippen LogP contribution in [-0.4, -0.2) is 4.57 Å². The van der Waals surface area contributed by atoms with Crippen molar-refractivity contribution in [1.29, 1.82) is 0 Å². The van der Waals surface area contributed by atoms with Crippen molar-refractivity contribution in [1.82, 2.24) is 4.57 Å². The molecule has 0 aliphatic heterocycles. The molecular weight excluding hydrogens is 741 g/mol.